The average Bonchev–Trinajstić information content (AvgIpc) is 3.17. The highest BCUT2D eigenvalue weighted by Crippen LogP contribution is 2.36. The van der Waals surface area contributed by atoms with Gasteiger partial charge in [0, 0.05) is 12.0 Å². The van der Waals surface area contributed by atoms with Crippen molar-refractivity contribution in [3.63, 3.8) is 0 Å². The zero-order chi connectivity index (χ0) is 20.4. The maximum absolute atomic E-state index is 12.9. The summed E-state index contributed by atoms with van der Waals surface area (Å²) in [5.41, 5.74) is -0.470. The van der Waals surface area contributed by atoms with Gasteiger partial charge in [0.05, 0.1) is 19.8 Å². The quantitative estimate of drug-likeness (QED) is 0.326. The number of esters is 2. The van der Waals surface area contributed by atoms with Crippen molar-refractivity contribution < 1.29 is 23.8 Å². The first kappa shape index (κ1) is 21.9. The molecular weight excluding hydrogens is 358 g/mol. The molecule has 6 nitrogen and oxygen atoms in total. The fourth-order valence-electron chi connectivity index (χ4n) is 3.42. The lowest BCUT2D eigenvalue weighted by Crippen LogP contribution is -2.45. The number of carbonyl (C=O) groups excluding carboxylic acids is 2. The van der Waals surface area contributed by atoms with Gasteiger partial charge >= 0.3 is 11.9 Å². The van der Waals surface area contributed by atoms with Crippen LogP contribution in [0, 0.1) is 5.41 Å². The van der Waals surface area contributed by atoms with Crippen molar-refractivity contribution in [2.75, 3.05) is 19.8 Å². The highest BCUT2D eigenvalue weighted by Gasteiger charge is 2.50. The molecule has 1 unspecified atom stereocenters. The number of unbranched alkanes of at least 4 members (excludes halogenated alkanes) is 2. The van der Waals surface area contributed by atoms with Crippen LogP contribution in [-0.2, 0) is 23.8 Å². The molecule has 0 spiro atoms. The molecule has 0 saturated heterocycles. The zero-order valence-electron chi connectivity index (χ0n) is 17.1. The number of rotatable bonds is 11. The molecule has 154 valence electrons. The van der Waals surface area contributed by atoms with Crippen LogP contribution in [-0.4, -0.2) is 43.7 Å². The summed E-state index contributed by atoms with van der Waals surface area (Å²) in [5, 5.41) is 0. The monoisotopic (exact) mass is 389 g/mol. The lowest BCUT2D eigenvalue weighted by molar-refractivity contribution is -0.175. The van der Waals surface area contributed by atoms with Gasteiger partial charge in [-0.05, 0) is 32.4 Å². The molecule has 28 heavy (non-hydrogen) atoms. The Morgan fingerprint density at radius 1 is 1.07 bits per heavy atom. The van der Waals surface area contributed by atoms with Crippen molar-refractivity contribution in [2.45, 2.75) is 59.0 Å². The first-order valence-corrected chi connectivity index (χ1v) is 10.2. The predicted molar refractivity (Wildman–Crippen MR) is 107 cm³/mol. The summed E-state index contributed by atoms with van der Waals surface area (Å²) in [5.74, 6) is -0.511. The van der Waals surface area contributed by atoms with Gasteiger partial charge in [-0.2, -0.15) is 0 Å². The fraction of sp³-hybridized carbons (Fsp3) is 0.591. The fourth-order valence-corrected chi connectivity index (χ4v) is 3.42. The number of carbonyl (C=O) groups is 2. The Labute approximate surface area is 167 Å². The van der Waals surface area contributed by atoms with Gasteiger partial charge in [0.1, 0.15) is 6.10 Å². The number of aliphatic imine (C=N–C) groups is 1. The van der Waals surface area contributed by atoms with Gasteiger partial charge in [-0.1, -0.05) is 44.4 Å². The van der Waals surface area contributed by atoms with Crippen LogP contribution in [0.5, 0.6) is 0 Å². The van der Waals surface area contributed by atoms with Crippen LogP contribution < -0.4 is 0 Å². The van der Waals surface area contributed by atoms with Gasteiger partial charge in [0.15, 0.2) is 5.41 Å². The lowest BCUT2D eigenvalue weighted by atomic mass is 9.77. The van der Waals surface area contributed by atoms with E-state index in [9.17, 15) is 9.59 Å². The van der Waals surface area contributed by atoms with E-state index in [4.69, 9.17) is 14.2 Å². The average molecular weight is 389 g/mol. The lowest BCUT2D eigenvalue weighted by Gasteiger charge is -2.31. The number of hydrogen-bond acceptors (Lipinski definition) is 6. The second-order valence-corrected chi connectivity index (χ2v) is 6.94. The van der Waals surface area contributed by atoms with Crippen LogP contribution >= 0.6 is 0 Å². The van der Waals surface area contributed by atoms with Crippen LogP contribution in [0.25, 0.3) is 0 Å². The van der Waals surface area contributed by atoms with E-state index in [1.165, 1.54) is 0 Å². The Morgan fingerprint density at radius 3 is 2.29 bits per heavy atom. The molecule has 0 bridgehead atoms. The maximum atomic E-state index is 12.9. The first-order valence-electron chi connectivity index (χ1n) is 10.2. The first-order chi connectivity index (χ1) is 13.6. The number of nitrogens with zero attached hydrogens (tertiary/aromatic N) is 1. The molecule has 0 aromatic heterocycles. The van der Waals surface area contributed by atoms with Crippen molar-refractivity contribution in [2.24, 2.45) is 10.4 Å². The van der Waals surface area contributed by atoms with Crippen molar-refractivity contribution in [3.05, 3.63) is 35.9 Å². The molecule has 0 aliphatic carbocycles. The summed E-state index contributed by atoms with van der Waals surface area (Å²) in [7, 11) is 0. The van der Waals surface area contributed by atoms with E-state index >= 15 is 0 Å². The van der Waals surface area contributed by atoms with Gasteiger partial charge in [0.25, 0.3) is 0 Å². The van der Waals surface area contributed by atoms with Crippen molar-refractivity contribution in [1.82, 2.24) is 0 Å². The third kappa shape index (κ3) is 5.33. The SMILES string of the molecule is CCCCCC(CC1CN=C(c2ccccc2)O1)(C(=O)OCC)C(=O)OCC. The van der Waals surface area contributed by atoms with E-state index in [-0.39, 0.29) is 25.7 Å². The third-order valence-corrected chi connectivity index (χ3v) is 4.85. The molecular formula is C22H31NO5. The topological polar surface area (TPSA) is 74.2 Å². The van der Waals surface area contributed by atoms with Crippen molar-refractivity contribution >= 4 is 17.8 Å². The van der Waals surface area contributed by atoms with Crippen LogP contribution in [0.1, 0.15) is 58.4 Å². The Balaban J connectivity index is 2.20. The maximum Gasteiger partial charge on any atom is 0.323 e. The van der Waals surface area contributed by atoms with Gasteiger partial charge in [0.2, 0.25) is 5.90 Å². The standard InChI is InChI=1S/C22H31NO5/c1-4-7-11-14-22(20(24)26-5-2,21(25)27-6-3)15-18-16-23-19(28-18)17-12-9-8-10-13-17/h8-10,12-13,18H,4-7,11,14-16H2,1-3H3. The molecule has 0 fully saturated rings. The molecule has 6 heteroatoms. The molecule has 0 N–H and O–H groups in total. The summed E-state index contributed by atoms with van der Waals surface area (Å²) in [4.78, 5) is 30.3. The summed E-state index contributed by atoms with van der Waals surface area (Å²) in [6, 6.07) is 9.61. The summed E-state index contributed by atoms with van der Waals surface area (Å²) < 4.78 is 16.6. The van der Waals surface area contributed by atoms with E-state index in [2.05, 4.69) is 11.9 Å². The Morgan fingerprint density at radius 2 is 1.71 bits per heavy atom. The molecule has 1 aliphatic heterocycles. The van der Waals surface area contributed by atoms with Crippen LogP contribution in [0.4, 0.5) is 0 Å². The van der Waals surface area contributed by atoms with E-state index in [1.807, 2.05) is 30.3 Å². The summed E-state index contributed by atoms with van der Waals surface area (Å²) in [6.45, 7) is 6.39. The minimum Gasteiger partial charge on any atom is -0.472 e. The highest BCUT2D eigenvalue weighted by molar-refractivity contribution is 6.00. The smallest absolute Gasteiger partial charge is 0.323 e. The molecule has 1 aromatic carbocycles. The largest absolute Gasteiger partial charge is 0.472 e. The van der Waals surface area contributed by atoms with Gasteiger partial charge < -0.3 is 14.2 Å². The summed E-state index contributed by atoms with van der Waals surface area (Å²) in [6.07, 6.45) is 2.88. The van der Waals surface area contributed by atoms with Crippen LogP contribution in [0.2, 0.25) is 0 Å². The van der Waals surface area contributed by atoms with Crippen LogP contribution in [0.3, 0.4) is 0 Å². The Kier molecular flexibility index (Phi) is 8.48. The molecule has 0 saturated carbocycles. The number of benzene rings is 1. The van der Waals surface area contributed by atoms with Crippen molar-refractivity contribution in [3.8, 4) is 0 Å². The minimum atomic E-state index is -1.35. The molecule has 2 rings (SSSR count). The number of hydrogen-bond donors (Lipinski definition) is 0. The van der Waals surface area contributed by atoms with Crippen LogP contribution in [0.15, 0.2) is 35.3 Å². The molecule has 0 radical (unpaired) electrons. The van der Waals surface area contributed by atoms with E-state index < -0.39 is 17.4 Å². The van der Waals surface area contributed by atoms with E-state index in [0.717, 1.165) is 24.8 Å². The van der Waals surface area contributed by atoms with E-state index in [0.29, 0.717) is 18.9 Å². The minimum absolute atomic E-state index is 0.203. The molecule has 0 amide bonds. The third-order valence-electron chi connectivity index (χ3n) is 4.85. The predicted octanol–water partition coefficient (Wildman–Crippen LogP) is 3.92. The molecule has 1 aliphatic rings. The Bertz CT molecular complexity index is 653. The normalized spacial score (nSPS) is 16.2. The van der Waals surface area contributed by atoms with E-state index in [1.54, 1.807) is 13.8 Å². The second-order valence-electron chi connectivity index (χ2n) is 6.94. The second kappa shape index (κ2) is 10.8. The Hall–Kier alpha value is -2.37. The molecule has 1 aromatic rings. The summed E-state index contributed by atoms with van der Waals surface area (Å²) >= 11 is 0. The zero-order valence-corrected chi connectivity index (χ0v) is 17.1. The van der Waals surface area contributed by atoms with Gasteiger partial charge in [-0.15, -0.1) is 0 Å². The highest BCUT2D eigenvalue weighted by atomic mass is 16.6. The molecule has 1 heterocycles. The van der Waals surface area contributed by atoms with Gasteiger partial charge in [-0.25, -0.2) is 4.99 Å². The number of ether oxygens (including phenoxy) is 3. The van der Waals surface area contributed by atoms with Gasteiger partial charge in [-0.3, -0.25) is 9.59 Å². The van der Waals surface area contributed by atoms with Crippen molar-refractivity contribution in [1.29, 1.82) is 0 Å². The molecule has 1 atom stereocenters.